The zero-order valence-electron chi connectivity index (χ0n) is 25.7. The highest BCUT2D eigenvalue weighted by molar-refractivity contribution is 7.90. The summed E-state index contributed by atoms with van der Waals surface area (Å²) in [5.74, 6) is 0.240. The van der Waals surface area contributed by atoms with Gasteiger partial charge in [-0.3, -0.25) is 9.59 Å². The van der Waals surface area contributed by atoms with Crippen molar-refractivity contribution >= 4 is 39.2 Å². The first kappa shape index (κ1) is 30.6. The van der Waals surface area contributed by atoms with Gasteiger partial charge in [0.25, 0.3) is 5.91 Å². The lowest BCUT2D eigenvalue weighted by atomic mass is 9.68. The maximum Gasteiger partial charge on any atom is 0.303 e. The van der Waals surface area contributed by atoms with Crippen LogP contribution >= 0.6 is 11.6 Å². The van der Waals surface area contributed by atoms with Gasteiger partial charge in [0.1, 0.15) is 11.9 Å². The zero-order chi connectivity index (χ0) is 31.3. The molecule has 2 aromatic carbocycles. The van der Waals surface area contributed by atoms with E-state index in [1.807, 2.05) is 18.2 Å². The summed E-state index contributed by atoms with van der Waals surface area (Å²) in [4.78, 5) is 28.0. The molecule has 2 aromatic rings. The number of ether oxygens (including phenoxy) is 2. The molecule has 7 rings (SSSR count). The van der Waals surface area contributed by atoms with Crippen molar-refractivity contribution in [3.63, 3.8) is 0 Å². The summed E-state index contributed by atoms with van der Waals surface area (Å²) in [5, 5.41) is 0.726. The third-order valence-electron chi connectivity index (χ3n) is 10.7. The van der Waals surface area contributed by atoms with E-state index in [0.29, 0.717) is 37.8 Å². The Bertz CT molecular complexity index is 1640. The van der Waals surface area contributed by atoms with Crippen molar-refractivity contribution in [1.29, 1.82) is 0 Å². The Balaban J connectivity index is 1.29. The second kappa shape index (κ2) is 12.0. The van der Waals surface area contributed by atoms with E-state index in [1.165, 1.54) is 18.1 Å². The lowest BCUT2D eigenvalue weighted by Gasteiger charge is -2.46. The number of carbonyl (C=O) groups is 2. The van der Waals surface area contributed by atoms with Crippen LogP contribution in [0.5, 0.6) is 5.75 Å². The number of anilines is 1. The van der Waals surface area contributed by atoms with Gasteiger partial charge in [0.05, 0.1) is 18.0 Å². The summed E-state index contributed by atoms with van der Waals surface area (Å²) in [6.45, 7) is 3.31. The first-order chi connectivity index (χ1) is 21.6. The van der Waals surface area contributed by atoms with E-state index in [9.17, 15) is 18.0 Å². The number of nitrogens with zero attached hydrogens (tertiary/aromatic N) is 1. The molecule has 1 spiro atoms. The molecule has 0 radical (unpaired) electrons. The molecule has 2 fully saturated rings. The van der Waals surface area contributed by atoms with Crippen LogP contribution in [0.2, 0.25) is 5.02 Å². The van der Waals surface area contributed by atoms with Crippen LogP contribution in [0.15, 0.2) is 48.6 Å². The fourth-order valence-corrected chi connectivity index (χ4v) is 9.78. The molecular formula is C35H41ClN2O6S. The normalized spacial score (nSPS) is 31.7. The number of fused-ring (bicyclic) bond motifs is 4. The molecule has 5 atom stereocenters. The monoisotopic (exact) mass is 652 g/mol. The van der Waals surface area contributed by atoms with Crippen molar-refractivity contribution in [3.8, 4) is 5.75 Å². The number of allylic oxidation sites excluding steroid dienone is 1. The fraction of sp³-hybridized carbons (Fsp3) is 0.543. The van der Waals surface area contributed by atoms with Gasteiger partial charge >= 0.3 is 5.97 Å². The molecule has 2 saturated carbocycles. The number of halogens is 1. The van der Waals surface area contributed by atoms with E-state index in [4.69, 9.17) is 21.1 Å². The topological polar surface area (TPSA) is 102 Å². The summed E-state index contributed by atoms with van der Waals surface area (Å²) < 4.78 is 41.3. The molecule has 2 bridgehead atoms. The number of sulfonamides is 1. The number of hydrogen-bond acceptors (Lipinski definition) is 7. The van der Waals surface area contributed by atoms with E-state index in [1.54, 1.807) is 18.2 Å². The molecule has 45 heavy (non-hydrogen) atoms. The van der Waals surface area contributed by atoms with E-state index in [0.717, 1.165) is 55.7 Å². The molecule has 1 unspecified atom stereocenters. The molecule has 1 N–H and O–H groups in total. The minimum absolute atomic E-state index is 0.102. The van der Waals surface area contributed by atoms with Gasteiger partial charge in [0.2, 0.25) is 10.0 Å². The van der Waals surface area contributed by atoms with Gasteiger partial charge in [0, 0.05) is 41.9 Å². The van der Waals surface area contributed by atoms with Gasteiger partial charge in [-0.15, -0.1) is 0 Å². The summed E-state index contributed by atoms with van der Waals surface area (Å²) in [5.41, 5.74) is 3.28. The summed E-state index contributed by atoms with van der Waals surface area (Å²) in [6, 6.07) is 11.4. The average molecular weight is 653 g/mol. The first-order valence-electron chi connectivity index (χ1n) is 16.3. The third-order valence-corrected chi connectivity index (χ3v) is 12.3. The van der Waals surface area contributed by atoms with Crippen molar-refractivity contribution in [2.45, 2.75) is 69.8 Å². The zero-order valence-corrected chi connectivity index (χ0v) is 27.2. The van der Waals surface area contributed by atoms with Crippen LogP contribution in [0.25, 0.3) is 0 Å². The Morgan fingerprint density at radius 3 is 2.67 bits per heavy atom. The van der Waals surface area contributed by atoms with E-state index in [-0.39, 0.29) is 46.6 Å². The number of aryl methyl sites for hydroxylation is 1. The Hall–Kier alpha value is -3.04. The second-order valence-electron chi connectivity index (χ2n) is 13.8. The number of carbonyl (C=O) groups excluding carboxylic acids is 2. The van der Waals surface area contributed by atoms with E-state index < -0.39 is 15.9 Å². The maximum atomic E-state index is 13.4. The molecule has 8 nitrogen and oxygen atoms in total. The van der Waals surface area contributed by atoms with Gasteiger partial charge in [-0.25, -0.2) is 13.1 Å². The van der Waals surface area contributed by atoms with E-state index in [2.05, 4.69) is 21.8 Å². The van der Waals surface area contributed by atoms with Gasteiger partial charge in [-0.2, -0.15) is 0 Å². The standard InChI is InChI=1S/C35H41ClN2O6S/c1-22(39)44-32-6-2-4-27(23-7-8-23)19-45(41,42)37-34(40)25-10-14-33-31(17-25)38(18-26-9-12-29(26)32)20-35(21-43-33)15-3-5-24-16-28(36)11-13-30(24)35/h2,6,10-11,13-14,16-17,23,26-27,29,32H,3-5,7-9,12,15,18-21H2,1H3,(H,37,40)/b6-2+/t26-,27?,29+,32-,35-/m0/s1. The van der Waals surface area contributed by atoms with Crippen LogP contribution in [0.1, 0.15) is 73.4 Å². The Kier molecular flexibility index (Phi) is 8.13. The van der Waals surface area contributed by atoms with Gasteiger partial charge in [-0.1, -0.05) is 23.7 Å². The molecule has 240 valence electrons. The maximum absolute atomic E-state index is 13.4. The molecule has 3 aliphatic carbocycles. The molecule has 5 aliphatic rings. The molecule has 0 saturated heterocycles. The quantitative estimate of drug-likeness (QED) is 0.322. The lowest BCUT2D eigenvalue weighted by Crippen LogP contribution is -2.49. The van der Waals surface area contributed by atoms with Crippen LogP contribution in [0.3, 0.4) is 0 Å². The third kappa shape index (κ3) is 6.35. The summed E-state index contributed by atoms with van der Waals surface area (Å²) in [6.07, 6.45) is 11.0. The molecule has 10 heteroatoms. The second-order valence-corrected chi connectivity index (χ2v) is 16.0. The van der Waals surface area contributed by atoms with Crippen molar-refractivity contribution in [2.24, 2.45) is 23.7 Å². The highest BCUT2D eigenvalue weighted by Gasteiger charge is 2.45. The fourth-order valence-electron chi connectivity index (χ4n) is 8.13. The minimum Gasteiger partial charge on any atom is -0.490 e. The predicted molar refractivity (Wildman–Crippen MR) is 173 cm³/mol. The molecule has 0 aromatic heterocycles. The number of hydrogen-bond donors (Lipinski definition) is 1. The summed E-state index contributed by atoms with van der Waals surface area (Å²) in [7, 11) is -3.88. The highest BCUT2D eigenvalue weighted by atomic mass is 35.5. The lowest BCUT2D eigenvalue weighted by molar-refractivity contribution is -0.149. The van der Waals surface area contributed by atoms with Crippen LogP contribution in [-0.2, 0) is 31.4 Å². The van der Waals surface area contributed by atoms with Crippen LogP contribution in [-0.4, -0.2) is 51.8 Å². The molecule has 2 aliphatic heterocycles. The van der Waals surface area contributed by atoms with Crippen molar-refractivity contribution < 1.29 is 27.5 Å². The summed E-state index contributed by atoms with van der Waals surface area (Å²) >= 11 is 6.41. The highest BCUT2D eigenvalue weighted by Crippen LogP contribution is 2.47. The SMILES string of the molecule is CC(=O)O[C@H]1/C=C/CC(C2CC2)CS(=O)(=O)NC(=O)c2ccc3c(c2)N(C[C@@H]2CC[C@H]21)C[C@@]1(CCCc2cc(Cl)ccc21)CO3. The number of nitrogens with one attached hydrogen (secondary N) is 1. The number of benzene rings is 2. The van der Waals surface area contributed by atoms with Crippen LogP contribution in [0, 0.1) is 23.7 Å². The average Bonchev–Trinajstić information content (AvgIpc) is 3.82. The Morgan fingerprint density at radius 2 is 1.91 bits per heavy atom. The molecular weight excluding hydrogens is 612 g/mol. The largest absolute Gasteiger partial charge is 0.490 e. The van der Waals surface area contributed by atoms with Crippen molar-refractivity contribution in [3.05, 3.63) is 70.3 Å². The smallest absolute Gasteiger partial charge is 0.303 e. The van der Waals surface area contributed by atoms with Gasteiger partial charge < -0.3 is 14.4 Å². The predicted octanol–water partition coefficient (Wildman–Crippen LogP) is 5.82. The van der Waals surface area contributed by atoms with Crippen LogP contribution in [0.4, 0.5) is 5.69 Å². The van der Waals surface area contributed by atoms with Gasteiger partial charge in [0.15, 0.2) is 0 Å². The number of esters is 1. The Morgan fingerprint density at radius 1 is 1.09 bits per heavy atom. The van der Waals surface area contributed by atoms with Gasteiger partial charge in [-0.05, 0) is 117 Å². The number of amides is 1. The Labute approximate surface area is 270 Å². The number of rotatable bonds is 2. The molecule has 1 amide bonds. The van der Waals surface area contributed by atoms with Crippen molar-refractivity contribution in [2.75, 3.05) is 30.3 Å². The molecule has 2 heterocycles. The minimum atomic E-state index is -3.88. The van der Waals surface area contributed by atoms with Crippen LogP contribution < -0.4 is 14.4 Å². The van der Waals surface area contributed by atoms with E-state index >= 15 is 0 Å². The first-order valence-corrected chi connectivity index (χ1v) is 18.3. The van der Waals surface area contributed by atoms with Crippen molar-refractivity contribution in [1.82, 2.24) is 4.72 Å².